The summed E-state index contributed by atoms with van der Waals surface area (Å²) in [5.74, 6) is 0. The van der Waals surface area contributed by atoms with E-state index >= 15 is 0 Å². The molecular weight excluding hydrogens is 216 g/mol. The maximum Gasteiger partial charge on any atom is 0.0418 e. The lowest BCUT2D eigenvalue weighted by molar-refractivity contribution is 1.26. The van der Waals surface area contributed by atoms with Crippen molar-refractivity contribution in [1.82, 2.24) is 4.98 Å². The molecule has 0 amide bonds. The Hall–Kier alpha value is -0.830. The number of nitrogen functional groups attached to an aromatic ring is 1. The molecule has 0 aromatic carbocycles. The molecule has 1 aromatic rings. The summed E-state index contributed by atoms with van der Waals surface area (Å²) in [6.07, 6.45) is 8.53. The zero-order chi connectivity index (χ0) is 8.81. The van der Waals surface area contributed by atoms with Crippen molar-refractivity contribution in [3.63, 3.8) is 0 Å². The molecular formula is C9H11BrN2. The quantitative estimate of drug-likeness (QED) is 0.805. The molecule has 0 aliphatic heterocycles. The SMILES string of the molecule is Nc1ccncc1/C=C/CCBr. The van der Waals surface area contributed by atoms with E-state index in [0.717, 1.165) is 23.0 Å². The first-order chi connectivity index (χ1) is 5.84. The smallest absolute Gasteiger partial charge is 0.0418 e. The molecule has 3 heteroatoms. The highest BCUT2D eigenvalue weighted by Crippen LogP contribution is 2.10. The van der Waals surface area contributed by atoms with Crippen LogP contribution in [0.15, 0.2) is 24.5 Å². The predicted molar refractivity (Wildman–Crippen MR) is 56.1 cm³/mol. The van der Waals surface area contributed by atoms with Crippen LogP contribution in [-0.4, -0.2) is 10.3 Å². The summed E-state index contributed by atoms with van der Waals surface area (Å²) in [7, 11) is 0. The summed E-state index contributed by atoms with van der Waals surface area (Å²) in [4.78, 5) is 3.98. The summed E-state index contributed by atoms with van der Waals surface area (Å²) < 4.78 is 0. The van der Waals surface area contributed by atoms with Gasteiger partial charge >= 0.3 is 0 Å². The van der Waals surface area contributed by atoms with Gasteiger partial charge in [-0.2, -0.15) is 0 Å². The van der Waals surface area contributed by atoms with Gasteiger partial charge in [0.2, 0.25) is 0 Å². The Morgan fingerprint density at radius 1 is 1.58 bits per heavy atom. The van der Waals surface area contributed by atoms with Gasteiger partial charge in [-0.25, -0.2) is 0 Å². The molecule has 1 heterocycles. The number of pyridine rings is 1. The first kappa shape index (κ1) is 9.26. The van der Waals surface area contributed by atoms with Crippen molar-refractivity contribution in [3.8, 4) is 0 Å². The van der Waals surface area contributed by atoms with Gasteiger partial charge in [-0.15, -0.1) is 0 Å². The van der Waals surface area contributed by atoms with Crippen molar-refractivity contribution in [2.24, 2.45) is 0 Å². The van der Waals surface area contributed by atoms with Gasteiger partial charge in [0.1, 0.15) is 0 Å². The Labute approximate surface area is 80.6 Å². The van der Waals surface area contributed by atoms with Crippen LogP contribution in [0.25, 0.3) is 6.08 Å². The molecule has 12 heavy (non-hydrogen) atoms. The van der Waals surface area contributed by atoms with E-state index in [4.69, 9.17) is 5.73 Å². The fraction of sp³-hybridized carbons (Fsp3) is 0.222. The molecule has 0 aliphatic carbocycles. The van der Waals surface area contributed by atoms with Crippen molar-refractivity contribution in [3.05, 3.63) is 30.1 Å². The minimum absolute atomic E-state index is 0.774. The summed E-state index contributed by atoms with van der Waals surface area (Å²) in [6.45, 7) is 0. The number of rotatable bonds is 3. The van der Waals surface area contributed by atoms with Crippen LogP contribution >= 0.6 is 15.9 Å². The Morgan fingerprint density at radius 2 is 2.42 bits per heavy atom. The molecule has 0 saturated heterocycles. The highest BCUT2D eigenvalue weighted by Gasteiger charge is 1.90. The van der Waals surface area contributed by atoms with Gasteiger partial charge in [0.05, 0.1) is 0 Å². The van der Waals surface area contributed by atoms with Crippen molar-refractivity contribution >= 4 is 27.7 Å². The third-order valence-corrected chi connectivity index (χ3v) is 1.92. The third-order valence-electron chi connectivity index (χ3n) is 1.46. The van der Waals surface area contributed by atoms with Crippen molar-refractivity contribution in [2.75, 3.05) is 11.1 Å². The van der Waals surface area contributed by atoms with E-state index in [-0.39, 0.29) is 0 Å². The normalized spacial score (nSPS) is 10.8. The number of nitrogens with two attached hydrogens (primary N) is 1. The number of nitrogens with zero attached hydrogens (tertiary/aromatic N) is 1. The molecule has 0 bridgehead atoms. The number of hydrogen-bond donors (Lipinski definition) is 1. The van der Waals surface area contributed by atoms with Crippen LogP contribution in [-0.2, 0) is 0 Å². The molecule has 0 fully saturated rings. The largest absolute Gasteiger partial charge is 0.398 e. The van der Waals surface area contributed by atoms with Gasteiger partial charge < -0.3 is 5.73 Å². The summed E-state index contributed by atoms with van der Waals surface area (Å²) in [6, 6.07) is 1.80. The number of alkyl halides is 1. The molecule has 0 radical (unpaired) electrons. The van der Waals surface area contributed by atoms with Gasteiger partial charge in [-0.05, 0) is 12.5 Å². The zero-order valence-electron chi connectivity index (χ0n) is 6.70. The van der Waals surface area contributed by atoms with Crippen LogP contribution in [0, 0.1) is 0 Å². The molecule has 1 aromatic heterocycles. The average Bonchev–Trinajstić information content (AvgIpc) is 2.09. The van der Waals surface area contributed by atoms with Crippen LogP contribution in [0.4, 0.5) is 5.69 Å². The van der Waals surface area contributed by atoms with Gasteiger partial charge in [0, 0.05) is 29.0 Å². The highest BCUT2D eigenvalue weighted by molar-refractivity contribution is 9.09. The van der Waals surface area contributed by atoms with E-state index in [1.807, 2.05) is 6.08 Å². The minimum Gasteiger partial charge on any atom is -0.398 e. The lowest BCUT2D eigenvalue weighted by Crippen LogP contribution is -1.89. The van der Waals surface area contributed by atoms with Crippen LogP contribution in [0.5, 0.6) is 0 Å². The fourth-order valence-electron chi connectivity index (χ4n) is 0.830. The van der Waals surface area contributed by atoms with Gasteiger partial charge in [-0.1, -0.05) is 28.1 Å². The molecule has 0 aliphatic rings. The molecule has 2 N–H and O–H groups in total. The van der Waals surface area contributed by atoms with Crippen LogP contribution in [0.3, 0.4) is 0 Å². The number of anilines is 1. The van der Waals surface area contributed by atoms with Crippen LogP contribution in [0.2, 0.25) is 0 Å². The maximum absolute atomic E-state index is 5.70. The Kier molecular flexibility index (Phi) is 3.80. The summed E-state index contributed by atoms with van der Waals surface area (Å²) in [5.41, 5.74) is 7.46. The van der Waals surface area contributed by atoms with E-state index in [9.17, 15) is 0 Å². The number of aromatic nitrogens is 1. The van der Waals surface area contributed by atoms with Gasteiger partial charge in [-0.3, -0.25) is 4.98 Å². The molecule has 0 atom stereocenters. The van der Waals surface area contributed by atoms with E-state index in [0.29, 0.717) is 0 Å². The lowest BCUT2D eigenvalue weighted by atomic mass is 10.2. The lowest BCUT2D eigenvalue weighted by Gasteiger charge is -1.96. The predicted octanol–water partition coefficient (Wildman–Crippen LogP) is 2.46. The van der Waals surface area contributed by atoms with Crippen molar-refractivity contribution in [1.29, 1.82) is 0 Å². The number of halogens is 1. The Balaban J connectivity index is 2.68. The molecule has 0 unspecified atom stereocenters. The summed E-state index contributed by atoms with van der Waals surface area (Å²) >= 11 is 3.34. The molecule has 0 saturated carbocycles. The molecule has 2 nitrogen and oxygen atoms in total. The minimum atomic E-state index is 0.774. The van der Waals surface area contributed by atoms with Gasteiger partial charge in [0.25, 0.3) is 0 Å². The standard InChI is InChI=1S/C9H11BrN2/c10-5-2-1-3-8-7-12-6-4-9(8)11/h1,3-4,6-7H,2,5H2,(H2,11,12)/b3-1+. The van der Waals surface area contributed by atoms with Crippen LogP contribution in [0.1, 0.15) is 12.0 Å². The van der Waals surface area contributed by atoms with E-state index in [2.05, 4.69) is 27.0 Å². The van der Waals surface area contributed by atoms with E-state index in [1.54, 1.807) is 18.5 Å². The maximum atomic E-state index is 5.70. The second-order valence-corrected chi connectivity index (χ2v) is 3.18. The van der Waals surface area contributed by atoms with E-state index < -0.39 is 0 Å². The Morgan fingerprint density at radius 3 is 3.08 bits per heavy atom. The Bertz CT molecular complexity index is 271. The zero-order valence-corrected chi connectivity index (χ0v) is 8.29. The number of allylic oxidation sites excluding steroid dienone is 1. The average molecular weight is 227 g/mol. The monoisotopic (exact) mass is 226 g/mol. The first-order valence-corrected chi connectivity index (χ1v) is 4.88. The summed E-state index contributed by atoms with van der Waals surface area (Å²) in [5, 5.41) is 0.976. The second-order valence-electron chi connectivity index (χ2n) is 2.38. The third kappa shape index (κ3) is 2.66. The second kappa shape index (κ2) is 4.93. The number of hydrogen-bond acceptors (Lipinski definition) is 2. The van der Waals surface area contributed by atoms with E-state index in [1.165, 1.54) is 0 Å². The first-order valence-electron chi connectivity index (χ1n) is 3.76. The van der Waals surface area contributed by atoms with Crippen LogP contribution < -0.4 is 5.73 Å². The molecule has 0 spiro atoms. The molecule has 1 rings (SSSR count). The topological polar surface area (TPSA) is 38.9 Å². The molecule has 64 valence electrons. The highest BCUT2D eigenvalue weighted by atomic mass is 79.9. The van der Waals surface area contributed by atoms with Gasteiger partial charge in [0.15, 0.2) is 0 Å². The van der Waals surface area contributed by atoms with Crippen molar-refractivity contribution in [2.45, 2.75) is 6.42 Å². The van der Waals surface area contributed by atoms with Crippen molar-refractivity contribution < 1.29 is 0 Å². The fourth-order valence-corrected chi connectivity index (χ4v) is 1.09.